The molecular weight excluding hydrogens is 232 g/mol. The highest BCUT2D eigenvalue weighted by Crippen LogP contribution is 2.21. The first kappa shape index (κ1) is 12.0. The average Bonchev–Trinajstić information content (AvgIpc) is 2.41. The minimum Gasteiger partial charge on any atom is -0.497 e. The summed E-state index contributed by atoms with van der Waals surface area (Å²) < 4.78 is 6.27. The highest BCUT2D eigenvalue weighted by Gasteiger charge is 2.07. The van der Waals surface area contributed by atoms with Crippen LogP contribution in [0, 0.1) is 0 Å². The van der Waals surface area contributed by atoms with Crippen LogP contribution in [0.4, 0.5) is 0 Å². The summed E-state index contributed by atoms with van der Waals surface area (Å²) in [6.45, 7) is 0. The van der Waals surface area contributed by atoms with Gasteiger partial charge in [0.2, 0.25) is 0 Å². The van der Waals surface area contributed by atoms with E-state index in [9.17, 15) is 9.59 Å². The van der Waals surface area contributed by atoms with Crippen LogP contribution in [0.1, 0.15) is 10.4 Å². The monoisotopic (exact) mass is 244 g/mol. The number of carbonyl (C=O) groups is 1. The van der Waals surface area contributed by atoms with E-state index in [1.807, 2.05) is 18.2 Å². The van der Waals surface area contributed by atoms with Crippen LogP contribution in [0.25, 0.3) is 11.3 Å². The van der Waals surface area contributed by atoms with E-state index >= 15 is 0 Å². The summed E-state index contributed by atoms with van der Waals surface area (Å²) >= 11 is 0. The third-order valence-electron chi connectivity index (χ3n) is 2.58. The second-order valence-electron chi connectivity index (χ2n) is 3.76. The molecule has 2 aromatic rings. The van der Waals surface area contributed by atoms with Crippen LogP contribution >= 0.6 is 0 Å². The van der Waals surface area contributed by atoms with Crippen molar-refractivity contribution in [2.24, 2.45) is 7.05 Å². The summed E-state index contributed by atoms with van der Waals surface area (Å²) in [4.78, 5) is 22.4. The minimum absolute atomic E-state index is 0.0883. The van der Waals surface area contributed by atoms with Crippen molar-refractivity contribution in [3.8, 4) is 17.0 Å². The number of carbonyl (C=O) groups excluding carboxylic acids is 1. The fourth-order valence-electron chi connectivity index (χ4n) is 1.64. The Kier molecular flexibility index (Phi) is 3.23. The molecule has 0 aliphatic carbocycles. The molecule has 0 unspecified atom stereocenters. The number of hydrogen-bond acceptors (Lipinski definition) is 4. The van der Waals surface area contributed by atoms with Gasteiger partial charge in [0.1, 0.15) is 5.75 Å². The molecule has 2 rings (SSSR count). The first-order chi connectivity index (χ1) is 8.65. The first-order valence-corrected chi connectivity index (χ1v) is 5.33. The second kappa shape index (κ2) is 4.83. The molecule has 92 valence electrons. The zero-order valence-corrected chi connectivity index (χ0v) is 10.1. The van der Waals surface area contributed by atoms with Gasteiger partial charge in [-0.1, -0.05) is 12.1 Å². The Hall–Kier alpha value is -2.43. The summed E-state index contributed by atoms with van der Waals surface area (Å²) in [5, 5.41) is 4.12. The van der Waals surface area contributed by atoms with E-state index < -0.39 is 5.56 Å². The Balaban J connectivity index is 2.60. The molecule has 5 heteroatoms. The number of rotatable bonds is 3. The van der Waals surface area contributed by atoms with Crippen molar-refractivity contribution in [3.05, 3.63) is 46.2 Å². The van der Waals surface area contributed by atoms with Gasteiger partial charge in [0.05, 0.1) is 18.4 Å². The Bertz CT molecular complexity index is 647. The van der Waals surface area contributed by atoms with E-state index in [4.69, 9.17) is 4.74 Å². The van der Waals surface area contributed by atoms with Gasteiger partial charge in [-0.2, -0.15) is 5.10 Å². The third-order valence-corrected chi connectivity index (χ3v) is 2.58. The smallest absolute Gasteiger partial charge is 0.277 e. The molecule has 1 heterocycles. The lowest BCUT2D eigenvalue weighted by Crippen LogP contribution is -2.23. The van der Waals surface area contributed by atoms with Gasteiger partial charge in [0.15, 0.2) is 6.29 Å². The van der Waals surface area contributed by atoms with E-state index in [1.165, 1.54) is 13.1 Å². The third kappa shape index (κ3) is 2.15. The molecule has 1 aromatic heterocycles. The summed E-state index contributed by atoms with van der Waals surface area (Å²) in [7, 11) is 3.09. The molecule has 0 bridgehead atoms. The molecule has 0 spiro atoms. The maximum Gasteiger partial charge on any atom is 0.277 e. The highest BCUT2D eigenvalue weighted by atomic mass is 16.5. The van der Waals surface area contributed by atoms with E-state index in [-0.39, 0.29) is 5.56 Å². The molecular formula is C13H12N2O3. The van der Waals surface area contributed by atoms with Crippen molar-refractivity contribution in [1.82, 2.24) is 9.78 Å². The molecule has 0 saturated carbocycles. The van der Waals surface area contributed by atoms with Gasteiger partial charge in [0.25, 0.3) is 5.56 Å². The van der Waals surface area contributed by atoms with Crippen molar-refractivity contribution in [2.75, 3.05) is 7.11 Å². The second-order valence-corrected chi connectivity index (χ2v) is 3.76. The lowest BCUT2D eigenvalue weighted by molar-refractivity contribution is 0.112. The highest BCUT2D eigenvalue weighted by molar-refractivity contribution is 5.77. The first-order valence-electron chi connectivity index (χ1n) is 5.33. The van der Waals surface area contributed by atoms with Crippen LogP contribution in [0.2, 0.25) is 0 Å². The maximum absolute atomic E-state index is 11.6. The number of nitrogens with zero attached hydrogens (tertiary/aromatic N) is 2. The van der Waals surface area contributed by atoms with Crippen LogP contribution < -0.4 is 10.3 Å². The van der Waals surface area contributed by atoms with Gasteiger partial charge >= 0.3 is 0 Å². The average molecular weight is 244 g/mol. The zero-order chi connectivity index (χ0) is 13.1. The number of ether oxygens (including phenoxy) is 1. The predicted octanol–water partition coefficient (Wildman–Crippen LogP) is 1.27. The fourth-order valence-corrected chi connectivity index (χ4v) is 1.64. The van der Waals surface area contributed by atoms with E-state index in [1.54, 1.807) is 13.2 Å². The van der Waals surface area contributed by atoms with Gasteiger partial charge in [-0.25, -0.2) is 4.68 Å². The van der Waals surface area contributed by atoms with Crippen molar-refractivity contribution in [1.29, 1.82) is 0 Å². The van der Waals surface area contributed by atoms with Crippen molar-refractivity contribution < 1.29 is 9.53 Å². The number of aldehydes is 1. The zero-order valence-electron chi connectivity index (χ0n) is 10.1. The van der Waals surface area contributed by atoms with Crippen molar-refractivity contribution in [2.45, 2.75) is 0 Å². The molecule has 0 atom stereocenters. The molecule has 0 amide bonds. The van der Waals surface area contributed by atoms with Gasteiger partial charge < -0.3 is 4.74 Å². The van der Waals surface area contributed by atoms with Gasteiger partial charge in [-0.3, -0.25) is 9.59 Å². The molecule has 0 radical (unpaired) electrons. The van der Waals surface area contributed by atoms with Crippen LogP contribution in [0.15, 0.2) is 35.1 Å². The summed E-state index contributed by atoms with van der Waals surface area (Å²) in [5.74, 6) is 0.691. The predicted molar refractivity (Wildman–Crippen MR) is 66.9 cm³/mol. The molecule has 0 fully saturated rings. The normalized spacial score (nSPS) is 10.1. The number of hydrogen-bond donors (Lipinski definition) is 0. The van der Waals surface area contributed by atoms with Crippen LogP contribution in [0.5, 0.6) is 5.75 Å². The largest absolute Gasteiger partial charge is 0.497 e. The summed E-state index contributed by atoms with van der Waals surface area (Å²) in [5.41, 5.74) is 1.02. The number of benzene rings is 1. The van der Waals surface area contributed by atoms with Gasteiger partial charge in [-0.05, 0) is 18.2 Å². The lowest BCUT2D eigenvalue weighted by Gasteiger charge is -2.06. The molecule has 0 aliphatic heterocycles. The van der Waals surface area contributed by atoms with Crippen LogP contribution in [-0.2, 0) is 7.05 Å². The maximum atomic E-state index is 11.6. The topological polar surface area (TPSA) is 61.2 Å². The fraction of sp³-hybridized carbons (Fsp3) is 0.154. The molecule has 1 aromatic carbocycles. The Labute approximate surface area is 104 Å². The molecule has 0 aliphatic rings. The van der Waals surface area contributed by atoms with Crippen molar-refractivity contribution in [3.63, 3.8) is 0 Å². The number of aromatic nitrogens is 2. The van der Waals surface area contributed by atoms with Crippen molar-refractivity contribution >= 4 is 6.29 Å². The number of aryl methyl sites for hydroxylation is 1. The van der Waals surface area contributed by atoms with E-state index in [0.29, 0.717) is 17.7 Å². The molecule has 0 N–H and O–H groups in total. The molecule has 18 heavy (non-hydrogen) atoms. The standard InChI is InChI=1S/C13H12N2O3/c1-15-13(17)10(8-16)7-12(14-15)9-4-3-5-11(6-9)18-2/h3-8H,1-2H3. The van der Waals surface area contributed by atoms with Gasteiger partial charge in [0, 0.05) is 12.6 Å². The molecule has 0 saturated heterocycles. The summed E-state index contributed by atoms with van der Waals surface area (Å²) in [6.07, 6.45) is 0.535. The Morgan fingerprint density at radius 3 is 2.78 bits per heavy atom. The van der Waals surface area contributed by atoms with Crippen LogP contribution in [0.3, 0.4) is 0 Å². The Morgan fingerprint density at radius 2 is 2.11 bits per heavy atom. The molecule has 5 nitrogen and oxygen atoms in total. The Morgan fingerprint density at radius 1 is 1.33 bits per heavy atom. The quantitative estimate of drug-likeness (QED) is 0.763. The minimum atomic E-state index is -0.406. The van der Waals surface area contributed by atoms with E-state index in [2.05, 4.69) is 5.10 Å². The van der Waals surface area contributed by atoms with Gasteiger partial charge in [-0.15, -0.1) is 0 Å². The summed E-state index contributed by atoms with van der Waals surface area (Å²) in [6, 6.07) is 8.74. The lowest BCUT2D eigenvalue weighted by atomic mass is 10.1. The van der Waals surface area contributed by atoms with E-state index in [0.717, 1.165) is 10.2 Å². The van der Waals surface area contributed by atoms with Crippen LogP contribution in [-0.4, -0.2) is 23.2 Å². The number of methoxy groups -OCH3 is 1. The SMILES string of the molecule is COc1cccc(-c2cc(C=O)c(=O)n(C)n2)c1.